The SMILES string of the molecule is CC[C@@H](C)c1nc(N2CCN(C(=O)c3ccccc3Cl)CC2)c2c(C)nn(-c3ccc(C)cc3)c2n1. The molecular formula is C28H31ClN6O. The molecule has 1 saturated heterocycles. The Morgan fingerprint density at radius 3 is 2.36 bits per heavy atom. The molecule has 0 spiro atoms. The Bertz CT molecular complexity index is 1410. The van der Waals surface area contributed by atoms with E-state index in [-0.39, 0.29) is 11.8 Å². The molecule has 7 nitrogen and oxygen atoms in total. The normalized spacial score (nSPS) is 14.9. The van der Waals surface area contributed by atoms with Gasteiger partial charge in [-0.1, -0.05) is 55.3 Å². The minimum absolute atomic E-state index is 0.0308. The van der Waals surface area contributed by atoms with Gasteiger partial charge in [-0.05, 0) is 44.5 Å². The van der Waals surface area contributed by atoms with Crippen LogP contribution in [0.4, 0.5) is 5.82 Å². The second kappa shape index (κ2) is 9.90. The zero-order valence-electron chi connectivity index (χ0n) is 21.2. The van der Waals surface area contributed by atoms with Crippen LogP contribution in [-0.2, 0) is 0 Å². The van der Waals surface area contributed by atoms with Gasteiger partial charge in [-0.3, -0.25) is 4.79 Å². The van der Waals surface area contributed by atoms with Crippen LogP contribution >= 0.6 is 11.6 Å². The molecule has 0 saturated carbocycles. The number of rotatable bonds is 5. The predicted octanol–water partition coefficient (Wildman–Crippen LogP) is 5.56. The fraction of sp³-hybridized carbons (Fsp3) is 0.357. The van der Waals surface area contributed by atoms with Crippen molar-refractivity contribution in [3.8, 4) is 5.69 Å². The lowest BCUT2D eigenvalue weighted by Gasteiger charge is -2.36. The number of aryl methyl sites for hydroxylation is 2. The fourth-order valence-electron chi connectivity index (χ4n) is 4.60. The van der Waals surface area contributed by atoms with Crippen LogP contribution in [-0.4, -0.2) is 56.7 Å². The van der Waals surface area contributed by atoms with Gasteiger partial charge < -0.3 is 9.80 Å². The number of nitrogens with zero attached hydrogens (tertiary/aromatic N) is 6. The number of benzene rings is 2. The lowest BCUT2D eigenvalue weighted by molar-refractivity contribution is 0.0746. The van der Waals surface area contributed by atoms with Gasteiger partial charge in [-0.15, -0.1) is 0 Å². The molecule has 2 aromatic heterocycles. The third-order valence-corrected chi connectivity index (χ3v) is 7.33. The highest BCUT2D eigenvalue weighted by Crippen LogP contribution is 2.32. The Kier molecular flexibility index (Phi) is 6.67. The molecule has 1 fully saturated rings. The third kappa shape index (κ3) is 4.44. The molecule has 0 radical (unpaired) electrons. The molecule has 0 N–H and O–H groups in total. The van der Waals surface area contributed by atoms with Crippen molar-refractivity contribution in [2.45, 2.75) is 40.0 Å². The average Bonchev–Trinajstić information content (AvgIpc) is 3.24. The second-order valence-electron chi connectivity index (χ2n) is 9.51. The molecule has 8 heteroatoms. The summed E-state index contributed by atoms with van der Waals surface area (Å²) in [5, 5.41) is 6.32. The second-order valence-corrected chi connectivity index (χ2v) is 9.91. The van der Waals surface area contributed by atoms with Crippen LogP contribution in [0.3, 0.4) is 0 Å². The first kappa shape index (κ1) is 24.3. The summed E-state index contributed by atoms with van der Waals surface area (Å²) in [6.07, 6.45) is 0.947. The van der Waals surface area contributed by atoms with Gasteiger partial charge in [-0.25, -0.2) is 14.6 Å². The van der Waals surface area contributed by atoms with Gasteiger partial charge in [0.1, 0.15) is 11.6 Å². The number of amides is 1. The Morgan fingerprint density at radius 1 is 1.00 bits per heavy atom. The van der Waals surface area contributed by atoms with E-state index in [9.17, 15) is 4.79 Å². The van der Waals surface area contributed by atoms with Crippen LogP contribution in [0.1, 0.15) is 53.6 Å². The summed E-state index contributed by atoms with van der Waals surface area (Å²) in [4.78, 5) is 27.3. The van der Waals surface area contributed by atoms with E-state index in [0.717, 1.165) is 40.5 Å². The first-order chi connectivity index (χ1) is 17.4. The average molecular weight is 503 g/mol. The van der Waals surface area contributed by atoms with Crippen LogP contribution in [0.15, 0.2) is 48.5 Å². The van der Waals surface area contributed by atoms with E-state index in [0.29, 0.717) is 36.8 Å². The third-order valence-electron chi connectivity index (χ3n) is 7.00. The summed E-state index contributed by atoms with van der Waals surface area (Å²) in [7, 11) is 0. The van der Waals surface area contributed by atoms with Gasteiger partial charge in [0.05, 0.1) is 27.4 Å². The maximum absolute atomic E-state index is 13.1. The molecule has 0 bridgehead atoms. The van der Waals surface area contributed by atoms with E-state index >= 15 is 0 Å². The monoisotopic (exact) mass is 502 g/mol. The molecule has 0 unspecified atom stereocenters. The van der Waals surface area contributed by atoms with Gasteiger partial charge in [0.15, 0.2) is 5.65 Å². The number of piperazine rings is 1. The molecule has 1 aliphatic rings. The highest BCUT2D eigenvalue weighted by atomic mass is 35.5. The molecule has 1 aliphatic heterocycles. The highest BCUT2D eigenvalue weighted by molar-refractivity contribution is 6.33. The molecule has 1 atom stereocenters. The lowest BCUT2D eigenvalue weighted by atomic mass is 10.1. The van der Waals surface area contributed by atoms with Crippen molar-refractivity contribution in [2.24, 2.45) is 0 Å². The predicted molar refractivity (Wildman–Crippen MR) is 144 cm³/mol. The van der Waals surface area contributed by atoms with Gasteiger partial charge in [0.2, 0.25) is 0 Å². The number of anilines is 1. The number of hydrogen-bond donors (Lipinski definition) is 0. The molecule has 2 aromatic carbocycles. The number of carbonyl (C=O) groups is 1. The molecule has 1 amide bonds. The van der Waals surface area contributed by atoms with E-state index in [4.69, 9.17) is 26.7 Å². The summed E-state index contributed by atoms with van der Waals surface area (Å²) in [6.45, 7) is 10.9. The summed E-state index contributed by atoms with van der Waals surface area (Å²) in [6, 6.07) is 15.6. The van der Waals surface area contributed by atoms with Gasteiger partial charge in [0, 0.05) is 32.1 Å². The molecular weight excluding hydrogens is 472 g/mol. The fourth-order valence-corrected chi connectivity index (χ4v) is 4.82. The van der Waals surface area contributed by atoms with Crippen LogP contribution in [0.5, 0.6) is 0 Å². The van der Waals surface area contributed by atoms with Crippen molar-refractivity contribution < 1.29 is 4.79 Å². The van der Waals surface area contributed by atoms with Crippen molar-refractivity contribution in [3.63, 3.8) is 0 Å². The number of carbonyl (C=O) groups excluding carboxylic acids is 1. The van der Waals surface area contributed by atoms with Crippen molar-refractivity contribution >= 4 is 34.4 Å². The Balaban J connectivity index is 1.50. The van der Waals surface area contributed by atoms with Crippen molar-refractivity contribution in [1.29, 1.82) is 0 Å². The van der Waals surface area contributed by atoms with Gasteiger partial charge >= 0.3 is 0 Å². The Morgan fingerprint density at radius 2 is 1.69 bits per heavy atom. The summed E-state index contributed by atoms with van der Waals surface area (Å²) < 4.78 is 1.93. The van der Waals surface area contributed by atoms with E-state index in [1.54, 1.807) is 12.1 Å². The van der Waals surface area contributed by atoms with Crippen LogP contribution in [0.25, 0.3) is 16.7 Å². The largest absolute Gasteiger partial charge is 0.352 e. The number of fused-ring (bicyclic) bond motifs is 1. The van der Waals surface area contributed by atoms with E-state index in [1.807, 2.05) is 28.6 Å². The summed E-state index contributed by atoms with van der Waals surface area (Å²) in [5.41, 5.74) is 4.45. The minimum atomic E-state index is -0.0308. The molecule has 4 aromatic rings. The molecule has 186 valence electrons. The van der Waals surface area contributed by atoms with Gasteiger partial charge in [0.25, 0.3) is 5.91 Å². The number of halogens is 1. The topological polar surface area (TPSA) is 67.2 Å². The Hall–Kier alpha value is -3.45. The first-order valence-electron chi connectivity index (χ1n) is 12.5. The zero-order valence-corrected chi connectivity index (χ0v) is 22.0. The van der Waals surface area contributed by atoms with E-state index < -0.39 is 0 Å². The molecule has 36 heavy (non-hydrogen) atoms. The molecule has 0 aliphatic carbocycles. The van der Waals surface area contributed by atoms with Crippen LogP contribution < -0.4 is 4.90 Å². The van der Waals surface area contributed by atoms with E-state index in [1.165, 1.54) is 5.56 Å². The maximum atomic E-state index is 13.1. The van der Waals surface area contributed by atoms with E-state index in [2.05, 4.69) is 49.9 Å². The van der Waals surface area contributed by atoms with Crippen molar-refractivity contribution in [1.82, 2.24) is 24.6 Å². The number of aromatic nitrogens is 4. The zero-order chi connectivity index (χ0) is 25.4. The van der Waals surface area contributed by atoms with Crippen molar-refractivity contribution in [3.05, 3.63) is 76.2 Å². The highest BCUT2D eigenvalue weighted by Gasteiger charge is 2.28. The standard InChI is InChI=1S/C28H31ClN6O/c1-5-19(3)25-30-26(24-20(4)32-35(27(24)31-25)21-12-10-18(2)11-13-21)33-14-16-34(17-15-33)28(36)22-8-6-7-9-23(22)29/h6-13,19H,5,14-17H2,1-4H3/t19-/m1/s1. The maximum Gasteiger partial charge on any atom is 0.255 e. The smallest absolute Gasteiger partial charge is 0.255 e. The van der Waals surface area contributed by atoms with Crippen molar-refractivity contribution in [2.75, 3.05) is 31.1 Å². The molecule has 5 rings (SSSR count). The first-order valence-corrected chi connectivity index (χ1v) is 12.9. The minimum Gasteiger partial charge on any atom is -0.352 e. The number of hydrogen-bond acceptors (Lipinski definition) is 5. The van der Waals surface area contributed by atoms with Gasteiger partial charge in [-0.2, -0.15) is 5.10 Å². The lowest BCUT2D eigenvalue weighted by Crippen LogP contribution is -2.49. The quantitative estimate of drug-likeness (QED) is 0.357. The van der Waals surface area contributed by atoms with Crippen LogP contribution in [0, 0.1) is 13.8 Å². The summed E-state index contributed by atoms with van der Waals surface area (Å²) in [5.74, 6) is 1.91. The Labute approximate surface area is 216 Å². The summed E-state index contributed by atoms with van der Waals surface area (Å²) >= 11 is 6.28. The molecule has 3 heterocycles. The van der Waals surface area contributed by atoms with Crippen LogP contribution in [0.2, 0.25) is 5.02 Å².